The molecule has 1 amide bonds. The van der Waals surface area contributed by atoms with Crippen molar-refractivity contribution in [2.24, 2.45) is 5.92 Å². The first kappa shape index (κ1) is 28.7. The van der Waals surface area contributed by atoms with E-state index in [0.29, 0.717) is 29.0 Å². The van der Waals surface area contributed by atoms with Crippen LogP contribution in [0.1, 0.15) is 59.8 Å². The van der Waals surface area contributed by atoms with Gasteiger partial charge in [0.1, 0.15) is 12.4 Å². The van der Waals surface area contributed by atoms with E-state index in [1.165, 1.54) is 7.11 Å². The Hall–Kier alpha value is -4.26. The number of hydrogen-bond donors (Lipinski definition) is 1. The first-order valence-corrected chi connectivity index (χ1v) is 13.3. The summed E-state index contributed by atoms with van der Waals surface area (Å²) in [5.41, 5.74) is 2.68. The molecule has 1 unspecified atom stereocenters. The number of benzene rings is 4. The van der Waals surface area contributed by atoms with Gasteiger partial charge in [-0.15, -0.1) is 0 Å². The SMILES string of the molecule is COC(=O)CCc1ccc(COc2cc(F)ccc2F)cc1C(=O)NC(CC(C)C)c1cccc2ccccc12. The van der Waals surface area contributed by atoms with E-state index in [9.17, 15) is 18.4 Å². The molecule has 4 aromatic carbocycles. The van der Waals surface area contributed by atoms with E-state index in [-0.39, 0.29) is 36.7 Å². The molecule has 0 saturated heterocycles. The van der Waals surface area contributed by atoms with Gasteiger partial charge in [-0.05, 0) is 64.4 Å². The molecule has 0 heterocycles. The summed E-state index contributed by atoms with van der Waals surface area (Å²) in [6.07, 6.45) is 1.14. The van der Waals surface area contributed by atoms with Crippen LogP contribution in [0.3, 0.4) is 0 Å². The minimum Gasteiger partial charge on any atom is -0.486 e. The van der Waals surface area contributed by atoms with E-state index in [0.717, 1.165) is 41.0 Å². The Balaban J connectivity index is 1.65. The van der Waals surface area contributed by atoms with E-state index < -0.39 is 11.6 Å². The van der Waals surface area contributed by atoms with Crippen LogP contribution in [-0.4, -0.2) is 19.0 Å². The standard InChI is InChI=1S/C33H33F2NO4/c1-21(2)17-30(27-10-6-8-23-7-4-5-9-26(23)27)36-33(38)28-18-22(11-12-24(28)13-16-32(37)39-3)20-40-31-19-25(34)14-15-29(31)35/h4-12,14-15,18-19,21,30H,13,16-17,20H2,1-3H3,(H,36,38). The summed E-state index contributed by atoms with van der Waals surface area (Å²) in [4.78, 5) is 25.7. The molecular formula is C33H33F2NO4. The molecule has 208 valence electrons. The second kappa shape index (κ2) is 13.2. The van der Waals surface area contributed by atoms with Gasteiger partial charge in [-0.3, -0.25) is 9.59 Å². The Morgan fingerprint density at radius 1 is 0.925 bits per heavy atom. The Labute approximate surface area is 233 Å². The van der Waals surface area contributed by atoms with E-state index >= 15 is 0 Å². The second-order valence-corrected chi connectivity index (χ2v) is 10.2. The zero-order valence-corrected chi connectivity index (χ0v) is 22.9. The van der Waals surface area contributed by atoms with Gasteiger partial charge in [0, 0.05) is 18.1 Å². The molecule has 7 heteroatoms. The highest BCUT2D eigenvalue weighted by atomic mass is 19.1. The van der Waals surface area contributed by atoms with Crippen LogP contribution in [0.5, 0.6) is 5.75 Å². The molecule has 0 bridgehead atoms. The molecular weight excluding hydrogens is 512 g/mol. The van der Waals surface area contributed by atoms with Crippen LogP contribution in [0.15, 0.2) is 78.9 Å². The third kappa shape index (κ3) is 7.23. The molecule has 1 N–H and O–H groups in total. The average Bonchev–Trinajstić information content (AvgIpc) is 2.95. The van der Waals surface area contributed by atoms with Crippen LogP contribution in [-0.2, 0) is 22.6 Å². The van der Waals surface area contributed by atoms with Gasteiger partial charge in [-0.2, -0.15) is 0 Å². The van der Waals surface area contributed by atoms with Crippen molar-refractivity contribution >= 4 is 22.6 Å². The number of nitrogens with one attached hydrogen (secondary N) is 1. The summed E-state index contributed by atoms with van der Waals surface area (Å²) in [7, 11) is 1.32. The molecule has 4 aromatic rings. The molecule has 0 radical (unpaired) electrons. The lowest BCUT2D eigenvalue weighted by Gasteiger charge is -2.24. The average molecular weight is 546 g/mol. The number of methoxy groups -OCH3 is 1. The molecule has 0 aromatic heterocycles. The first-order valence-electron chi connectivity index (χ1n) is 13.3. The number of halogens is 2. The fourth-order valence-electron chi connectivity index (χ4n) is 4.76. The van der Waals surface area contributed by atoms with Crippen LogP contribution in [0.2, 0.25) is 0 Å². The maximum absolute atomic E-state index is 14.1. The quantitative estimate of drug-likeness (QED) is 0.201. The van der Waals surface area contributed by atoms with Crippen LogP contribution >= 0.6 is 0 Å². The Bertz CT molecular complexity index is 1500. The van der Waals surface area contributed by atoms with Crippen molar-refractivity contribution in [1.29, 1.82) is 0 Å². The summed E-state index contributed by atoms with van der Waals surface area (Å²) < 4.78 is 38.0. The topological polar surface area (TPSA) is 64.6 Å². The Morgan fingerprint density at radius 3 is 2.48 bits per heavy atom. The first-order chi connectivity index (χ1) is 19.2. The fraction of sp³-hybridized carbons (Fsp3) is 0.273. The van der Waals surface area contributed by atoms with Crippen molar-refractivity contribution in [3.05, 3.63) is 113 Å². The molecule has 4 rings (SSSR count). The Morgan fingerprint density at radius 2 is 1.70 bits per heavy atom. The number of esters is 1. The highest BCUT2D eigenvalue weighted by Gasteiger charge is 2.22. The minimum atomic E-state index is -0.680. The molecule has 40 heavy (non-hydrogen) atoms. The number of aryl methyl sites for hydroxylation is 1. The number of amides is 1. The molecule has 0 aliphatic carbocycles. The molecule has 1 atom stereocenters. The predicted octanol–water partition coefficient (Wildman–Crippen LogP) is 7.32. The van der Waals surface area contributed by atoms with Gasteiger partial charge in [0.15, 0.2) is 11.6 Å². The van der Waals surface area contributed by atoms with E-state index in [1.54, 1.807) is 18.2 Å². The third-order valence-corrected chi connectivity index (χ3v) is 6.74. The number of rotatable bonds is 11. The fourth-order valence-corrected chi connectivity index (χ4v) is 4.76. The Kier molecular flexibility index (Phi) is 9.48. The zero-order valence-electron chi connectivity index (χ0n) is 22.9. The second-order valence-electron chi connectivity index (χ2n) is 10.2. The molecule has 0 aliphatic rings. The largest absolute Gasteiger partial charge is 0.486 e. The lowest BCUT2D eigenvalue weighted by Crippen LogP contribution is -2.30. The molecule has 0 spiro atoms. The van der Waals surface area contributed by atoms with E-state index in [4.69, 9.17) is 9.47 Å². The van der Waals surface area contributed by atoms with Crippen LogP contribution in [0.25, 0.3) is 10.8 Å². The van der Waals surface area contributed by atoms with Gasteiger partial charge in [0.25, 0.3) is 5.91 Å². The third-order valence-electron chi connectivity index (χ3n) is 6.74. The van der Waals surface area contributed by atoms with Gasteiger partial charge in [-0.25, -0.2) is 8.78 Å². The van der Waals surface area contributed by atoms with Gasteiger partial charge in [0.05, 0.1) is 13.2 Å². The predicted molar refractivity (Wildman–Crippen MR) is 151 cm³/mol. The van der Waals surface area contributed by atoms with Crippen molar-refractivity contribution in [2.75, 3.05) is 7.11 Å². The summed E-state index contributed by atoms with van der Waals surface area (Å²) >= 11 is 0. The molecule has 0 fully saturated rings. The monoisotopic (exact) mass is 545 g/mol. The lowest BCUT2D eigenvalue weighted by atomic mass is 9.92. The summed E-state index contributed by atoms with van der Waals surface area (Å²) in [6, 6.07) is 22.1. The highest BCUT2D eigenvalue weighted by Crippen LogP contribution is 2.29. The lowest BCUT2D eigenvalue weighted by molar-refractivity contribution is -0.140. The normalized spacial score (nSPS) is 11.8. The van der Waals surface area contributed by atoms with Crippen molar-refractivity contribution in [3.63, 3.8) is 0 Å². The maximum Gasteiger partial charge on any atom is 0.305 e. The molecule has 0 aliphatic heterocycles. The van der Waals surface area contributed by atoms with Crippen LogP contribution < -0.4 is 10.1 Å². The molecule has 5 nitrogen and oxygen atoms in total. The summed E-state index contributed by atoms with van der Waals surface area (Å²) in [5, 5.41) is 5.39. The number of carbonyl (C=O) groups is 2. The van der Waals surface area contributed by atoms with Crippen molar-refractivity contribution in [2.45, 2.75) is 45.8 Å². The maximum atomic E-state index is 14.1. The molecule has 0 saturated carbocycles. The van der Waals surface area contributed by atoms with Crippen LogP contribution in [0.4, 0.5) is 8.78 Å². The summed E-state index contributed by atoms with van der Waals surface area (Å²) in [6.45, 7) is 4.14. The number of hydrogen-bond acceptors (Lipinski definition) is 4. The van der Waals surface area contributed by atoms with Crippen molar-refractivity contribution < 1.29 is 27.8 Å². The number of fused-ring (bicyclic) bond motifs is 1. The van der Waals surface area contributed by atoms with Gasteiger partial charge in [-0.1, -0.05) is 68.4 Å². The number of ether oxygens (including phenoxy) is 2. The zero-order chi connectivity index (χ0) is 28.6. The van der Waals surface area contributed by atoms with Gasteiger partial charge >= 0.3 is 5.97 Å². The minimum absolute atomic E-state index is 0.0727. The van der Waals surface area contributed by atoms with Crippen molar-refractivity contribution in [1.82, 2.24) is 5.32 Å². The van der Waals surface area contributed by atoms with Crippen molar-refractivity contribution in [3.8, 4) is 5.75 Å². The van der Waals surface area contributed by atoms with Gasteiger partial charge in [0.2, 0.25) is 0 Å². The van der Waals surface area contributed by atoms with Gasteiger partial charge < -0.3 is 14.8 Å². The summed E-state index contributed by atoms with van der Waals surface area (Å²) in [5.74, 6) is -1.87. The van der Waals surface area contributed by atoms with Crippen LogP contribution in [0, 0.1) is 17.6 Å². The van der Waals surface area contributed by atoms with E-state index in [2.05, 4.69) is 25.2 Å². The highest BCUT2D eigenvalue weighted by molar-refractivity contribution is 5.97. The smallest absolute Gasteiger partial charge is 0.305 e. The van der Waals surface area contributed by atoms with E-state index in [1.807, 2.05) is 36.4 Å². The number of carbonyl (C=O) groups excluding carboxylic acids is 2.